The van der Waals surface area contributed by atoms with E-state index in [1.54, 1.807) is 4.90 Å². The molecule has 96 valence electrons. The maximum absolute atomic E-state index is 12.1. The standard InChI is InChI=1S/C12H20N2O3/c15-11(8-9-4-3-6-13-9)14-7-2-1-5-10(14)12(16)17/h9-10,13H,1-8H2,(H,16,17)/t9?,10-/m0/s1. The van der Waals surface area contributed by atoms with Crippen LogP contribution in [0.1, 0.15) is 38.5 Å². The van der Waals surface area contributed by atoms with Crippen LogP contribution in [0, 0.1) is 0 Å². The lowest BCUT2D eigenvalue weighted by molar-refractivity contribution is -0.152. The minimum Gasteiger partial charge on any atom is -0.480 e. The van der Waals surface area contributed by atoms with Gasteiger partial charge >= 0.3 is 5.97 Å². The molecule has 0 aromatic carbocycles. The molecule has 2 aliphatic rings. The molecule has 2 heterocycles. The highest BCUT2D eigenvalue weighted by Crippen LogP contribution is 2.20. The molecule has 1 unspecified atom stereocenters. The zero-order valence-corrected chi connectivity index (χ0v) is 10.0. The van der Waals surface area contributed by atoms with Crippen molar-refractivity contribution in [1.29, 1.82) is 0 Å². The number of nitrogens with zero attached hydrogens (tertiary/aromatic N) is 1. The molecule has 0 bridgehead atoms. The second kappa shape index (κ2) is 5.49. The minimum atomic E-state index is -0.863. The van der Waals surface area contributed by atoms with Crippen LogP contribution in [0.5, 0.6) is 0 Å². The molecule has 2 fully saturated rings. The summed E-state index contributed by atoms with van der Waals surface area (Å²) in [4.78, 5) is 24.7. The molecule has 1 amide bonds. The van der Waals surface area contributed by atoms with Gasteiger partial charge in [0.05, 0.1) is 0 Å². The summed E-state index contributed by atoms with van der Waals surface area (Å²) >= 11 is 0. The van der Waals surface area contributed by atoms with Crippen molar-refractivity contribution in [2.24, 2.45) is 0 Å². The second-order valence-electron chi connectivity index (χ2n) is 4.93. The van der Waals surface area contributed by atoms with E-state index in [0.717, 1.165) is 32.2 Å². The highest BCUT2D eigenvalue weighted by molar-refractivity contribution is 5.84. The van der Waals surface area contributed by atoms with Gasteiger partial charge in [-0.2, -0.15) is 0 Å². The van der Waals surface area contributed by atoms with Crippen molar-refractivity contribution < 1.29 is 14.7 Å². The fourth-order valence-electron chi connectivity index (χ4n) is 2.75. The molecule has 0 spiro atoms. The number of piperidine rings is 1. The van der Waals surface area contributed by atoms with Crippen LogP contribution in [-0.2, 0) is 9.59 Å². The zero-order chi connectivity index (χ0) is 12.3. The molecule has 0 aromatic rings. The van der Waals surface area contributed by atoms with E-state index in [4.69, 9.17) is 5.11 Å². The largest absolute Gasteiger partial charge is 0.480 e. The number of carbonyl (C=O) groups excluding carboxylic acids is 1. The number of hydrogen-bond acceptors (Lipinski definition) is 3. The summed E-state index contributed by atoms with van der Waals surface area (Å²) in [6.45, 7) is 1.57. The summed E-state index contributed by atoms with van der Waals surface area (Å²) in [5, 5.41) is 12.4. The maximum atomic E-state index is 12.1. The van der Waals surface area contributed by atoms with Gasteiger partial charge in [-0.25, -0.2) is 4.79 Å². The summed E-state index contributed by atoms with van der Waals surface area (Å²) < 4.78 is 0. The monoisotopic (exact) mass is 240 g/mol. The Morgan fingerprint density at radius 1 is 1.24 bits per heavy atom. The van der Waals surface area contributed by atoms with Crippen LogP contribution in [0.4, 0.5) is 0 Å². The van der Waals surface area contributed by atoms with E-state index < -0.39 is 12.0 Å². The number of aliphatic carboxylic acids is 1. The van der Waals surface area contributed by atoms with Gasteiger partial charge in [0, 0.05) is 19.0 Å². The number of carboxylic acids is 1. The van der Waals surface area contributed by atoms with Gasteiger partial charge in [0.25, 0.3) is 0 Å². The maximum Gasteiger partial charge on any atom is 0.326 e. The van der Waals surface area contributed by atoms with E-state index in [2.05, 4.69) is 5.32 Å². The number of amides is 1. The SMILES string of the molecule is O=C(O)[C@@H]1CCCCN1C(=O)CC1CCCN1. The number of nitrogens with one attached hydrogen (secondary N) is 1. The molecular formula is C12H20N2O3. The minimum absolute atomic E-state index is 0.00324. The molecule has 17 heavy (non-hydrogen) atoms. The van der Waals surface area contributed by atoms with E-state index in [9.17, 15) is 9.59 Å². The summed E-state index contributed by atoms with van der Waals surface area (Å²) in [6, 6.07) is -0.350. The average molecular weight is 240 g/mol. The smallest absolute Gasteiger partial charge is 0.326 e. The molecule has 0 aliphatic carbocycles. The first-order chi connectivity index (χ1) is 8.18. The van der Waals surface area contributed by atoms with Crippen LogP contribution in [0.2, 0.25) is 0 Å². The summed E-state index contributed by atoms with van der Waals surface area (Å²) in [6.07, 6.45) is 5.01. The summed E-state index contributed by atoms with van der Waals surface area (Å²) in [7, 11) is 0. The van der Waals surface area contributed by atoms with E-state index >= 15 is 0 Å². The van der Waals surface area contributed by atoms with Crippen molar-refractivity contribution >= 4 is 11.9 Å². The average Bonchev–Trinajstić information content (AvgIpc) is 2.81. The normalized spacial score (nSPS) is 29.3. The molecule has 2 N–H and O–H groups in total. The molecule has 2 saturated heterocycles. The van der Waals surface area contributed by atoms with Crippen LogP contribution in [0.15, 0.2) is 0 Å². The van der Waals surface area contributed by atoms with Gasteiger partial charge < -0.3 is 15.3 Å². The van der Waals surface area contributed by atoms with Gasteiger partial charge in [-0.05, 0) is 38.6 Å². The molecule has 2 atom stereocenters. The Kier molecular flexibility index (Phi) is 3.99. The molecule has 2 aliphatic heterocycles. The van der Waals surface area contributed by atoms with E-state index in [-0.39, 0.29) is 11.9 Å². The van der Waals surface area contributed by atoms with Gasteiger partial charge in [-0.3, -0.25) is 4.79 Å². The van der Waals surface area contributed by atoms with E-state index in [0.29, 0.717) is 19.4 Å². The van der Waals surface area contributed by atoms with Gasteiger partial charge in [0.15, 0.2) is 0 Å². The Morgan fingerprint density at radius 3 is 2.71 bits per heavy atom. The Hall–Kier alpha value is -1.10. The number of carbonyl (C=O) groups is 2. The fraction of sp³-hybridized carbons (Fsp3) is 0.833. The number of hydrogen-bond donors (Lipinski definition) is 2. The van der Waals surface area contributed by atoms with E-state index in [1.807, 2.05) is 0 Å². The Labute approximate surface area is 101 Å². The van der Waals surface area contributed by atoms with Crippen LogP contribution >= 0.6 is 0 Å². The van der Waals surface area contributed by atoms with Crippen LogP contribution in [0.25, 0.3) is 0 Å². The van der Waals surface area contributed by atoms with Gasteiger partial charge in [0.2, 0.25) is 5.91 Å². The first kappa shape index (κ1) is 12.4. The second-order valence-corrected chi connectivity index (χ2v) is 4.93. The van der Waals surface area contributed by atoms with Crippen LogP contribution in [0.3, 0.4) is 0 Å². The summed E-state index contributed by atoms with van der Waals surface area (Å²) in [5.41, 5.74) is 0. The molecule has 2 rings (SSSR count). The molecule has 5 heteroatoms. The molecule has 0 saturated carbocycles. The van der Waals surface area contributed by atoms with Crippen molar-refractivity contribution in [2.45, 2.75) is 50.6 Å². The van der Waals surface area contributed by atoms with Gasteiger partial charge in [-0.1, -0.05) is 0 Å². The lowest BCUT2D eigenvalue weighted by atomic mass is 10.0. The predicted octanol–water partition coefficient (Wildman–Crippen LogP) is 0.594. The zero-order valence-electron chi connectivity index (χ0n) is 10.0. The van der Waals surface area contributed by atoms with Crippen molar-refractivity contribution in [1.82, 2.24) is 10.2 Å². The lowest BCUT2D eigenvalue weighted by Gasteiger charge is -2.33. The first-order valence-corrected chi connectivity index (χ1v) is 6.44. The third-order valence-electron chi connectivity index (χ3n) is 3.69. The van der Waals surface area contributed by atoms with Gasteiger partial charge in [-0.15, -0.1) is 0 Å². The topological polar surface area (TPSA) is 69.6 Å². The Morgan fingerprint density at radius 2 is 2.06 bits per heavy atom. The number of carboxylic acid groups (broad SMARTS) is 1. The number of likely N-dealkylation sites (tertiary alicyclic amines) is 1. The van der Waals surface area contributed by atoms with Crippen molar-refractivity contribution in [3.05, 3.63) is 0 Å². The van der Waals surface area contributed by atoms with E-state index in [1.165, 1.54) is 0 Å². The fourth-order valence-corrected chi connectivity index (χ4v) is 2.75. The van der Waals surface area contributed by atoms with Crippen molar-refractivity contribution in [2.75, 3.05) is 13.1 Å². The molecule has 0 aromatic heterocycles. The summed E-state index contributed by atoms with van der Waals surface area (Å²) in [5.74, 6) is -0.867. The lowest BCUT2D eigenvalue weighted by Crippen LogP contribution is -2.49. The third kappa shape index (κ3) is 2.97. The Balaban J connectivity index is 1.93. The third-order valence-corrected chi connectivity index (χ3v) is 3.69. The predicted molar refractivity (Wildman–Crippen MR) is 62.6 cm³/mol. The van der Waals surface area contributed by atoms with Gasteiger partial charge in [0.1, 0.15) is 6.04 Å². The van der Waals surface area contributed by atoms with Crippen molar-refractivity contribution in [3.63, 3.8) is 0 Å². The Bertz CT molecular complexity index is 300. The molecular weight excluding hydrogens is 220 g/mol. The molecule has 0 radical (unpaired) electrons. The number of rotatable bonds is 3. The highest BCUT2D eigenvalue weighted by Gasteiger charge is 2.32. The quantitative estimate of drug-likeness (QED) is 0.757. The highest BCUT2D eigenvalue weighted by atomic mass is 16.4. The van der Waals surface area contributed by atoms with Crippen LogP contribution < -0.4 is 5.32 Å². The first-order valence-electron chi connectivity index (χ1n) is 6.44. The van der Waals surface area contributed by atoms with Crippen molar-refractivity contribution in [3.8, 4) is 0 Å². The van der Waals surface area contributed by atoms with Crippen LogP contribution in [-0.4, -0.2) is 47.1 Å². The molecule has 5 nitrogen and oxygen atoms in total.